The number of hydrogen-bond acceptors (Lipinski definition) is 4. The zero-order valence-corrected chi connectivity index (χ0v) is 22.4. The van der Waals surface area contributed by atoms with Crippen LogP contribution in [0.2, 0.25) is 0 Å². The van der Waals surface area contributed by atoms with Crippen molar-refractivity contribution in [2.24, 2.45) is 0 Å². The largest absolute Gasteiger partial charge is 0.465 e. The minimum atomic E-state index is -0.459. The van der Waals surface area contributed by atoms with E-state index in [9.17, 15) is 9.59 Å². The third-order valence-corrected chi connectivity index (χ3v) is 8.24. The molecule has 0 amide bonds. The highest BCUT2D eigenvalue weighted by Gasteiger charge is 2.21. The monoisotopic (exact) mass is 470 g/mol. The molecule has 4 rings (SSSR count). The Morgan fingerprint density at radius 2 is 1.26 bits per heavy atom. The molecule has 0 aliphatic carbocycles. The molecule has 1 aromatic heterocycles. The van der Waals surface area contributed by atoms with Gasteiger partial charge < -0.3 is 15.0 Å². The van der Waals surface area contributed by atoms with E-state index in [2.05, 4.69) is 58.8 Å². The number of aromatic amines is 1. The van der Waals surface area contributed by atoms with Gasteiger partial charge in [-0.05, 0) is 125 Å². The number of methoxy groups -OCH3 is 1. The van der Waals surface area contributed by atoms with Gasteiger partial charge in [0.15, 0.2) is 5.43 Å². The molecule has 4 aromatic rings. The van der Waals surface area contributed by atoms with E-state index in [1.54, 1.807) is 12.1 Å². The van der Waals surface area contributed by atoms with Crippen LogP contribution in [0.1, 0.15) is 60.4 Å². The van der Waals surface area contributed by atoms with Crippen molar-refractivity contribution in [3.63, 3.8) is 0 Å². The van der Waals surface area contributed by atoms with Crippen molar-refractivity contribution in [1.82, 2.24) is 4.98 Å². The first kappa shape index (κ1) is 24.5. The predicted octanol–water partition coefficient (Wildman–Crippen LogP) is 6.99. The van der Waals surface area contributed by atoms with Crippen molar-refractivity contribution >= 4 is 39.1 Å². The first-order valence-corrected chi connectivity index (χ1v) is 11.9. The molecule has 3 aromatic carbocycles. The van der Waals surface area contributed by atoms with Crippen LogP contribution in [-0.2, 0) is 4.74 Å². The molecular weight excluding hydrogens is 436 g/mol. The number of carbonyl (C=O) groups is 1. The van der Waals surface area contributed by atoms with Crippen molar-refractivity contribution in [2.75, 3.05) is 12.4 Å². The quantitative estimate of drug-likeness (QED) is 0.250. The van der Waals surface area contributed by atoms with E-state index in [1.165, 1.54) is 23.8 Å². The second-order valence-electron chi connectivity index (χ2n) is 9.76. The SMILES string of the molecule is COC(=O)c1cc2[nH]c3c(C)c(C)c(C)c(C)c3c(=O)c2cc1Nc1c(C)c(C)c(C)c(C)c1C. The van der Waals surface area contributed by atoms with E-state index in [-0.39, 0.29) is 5.43 Å². The number of aryl methyl sites for hydroxylation is 2. The van der Waals surface area contributed by atoms with E-state index >= 15 is 0 Å². The van der Waals surface area contributed by atoms with Crippen LogP contribution < -0.4 is 10.7 Å². The zero-order valence-electron chi connectivity index (χ0n) is 22.4. The molecule has 0 aliphatic heterocycles. The van der Waals surface area contributed by atoms with Gasteiger partial charge in [0.25, 0.3) is 0 Å². The number of anilines is 2. The number of pyridine rings is 1. The summed E-state index contributed by atoms with van der Waals surface area (Å²) >= 11 is 0. The fourth-order valence-electron chi connectivity index (χ4n) is 5.12. The lowest BCUT2D eigenvalue weighted by Gasteiger charge is -2.21. The minimum absolute atomic E-state index is 0.0402. The molecule has 5 heteroatoms. The Morgan fingerprint density at radius 3 is 1.83 bits per heavy atom. The summed E-state index contributed by atoms with van der Waals surface area (Å²) in [5.74, 6) is -0.459. The second-order valence-corrected chi connectivity index (χ2v) is 9.76. The average Bonchev–Trinajstić information content (AvgIpc) is 2.85. The summed E-state index contributed by atoms with van der Waals surface area (Å²) in [5.41, 5.74) is 13.5. The molecule has 0 bridgehead atoms. The molecule has 182 valence electrons. The third kappa shape index (κ3) is 3.61. The summed E-state index contributed by atoms with van der Waals surface area (Å²) in [6.07, 6.45) is 0. The van der Waals surface area contributed by atoms with Crippen molar-refractivity contribution < 1.29 is 9.53 Å². The first-order chi connectivity index (χ1) is 16.4. The molecule has 35 heavy (non-hydrogen) atoms. The van der Waals surface area contributed by atoms with E-state index in [0.717, 1.165) is 44.6 Å². The predicted molar refractivity (Wildman–Crippen MR) is 146 cm³/mol. The Labute approximate surface area is 206 Å². The summed E-state index contributed by atoms with van der Waals surface area (Å²) in [7, 11) is 1.37. The molecular formula is C30H34N2O3. The highest BCUT2D eigenvalue weighted by molar-refractivity contribution is 6.05. The van der Waals surface area contributed by atoms with E-state index in [0.29, 0.717) is 27.5 Å². The van der Waals surface area contributed by atoms with Crippen LogP contribution in [-0.4, -0.2) is 18.1 Å². The molecule has 0 fully saturated rings. The smallest absolute Gasteiger partial charge is 0.340 e. The van der Waals surface area contributed by atoms with E-state index in [1.807, 2.05) is 13.8 Å². The first-order valence-electron chi connectivity index (χ1n) is 11.9. The Kier molecular flexibility index (Phi) is 6.00. The molecule has 5 nitrogen and oxygen atoms in total. The lowest BCUT2D eigenvalue weighted by atomic mass is 9.92. The molecule has 0 radical (unpaired) electrons. The van der Waals surface area contributed by atoms with Gasteiger partial charge in [0.05, 0.1) is 29.4 Å². The molecule has 0 spiro atoms. The molecule has 0 saturated carbocycles. The number of nitrogens with one attached hydrogen (secondary N) is 2. The fraction of sp³-hybridized carbons (Fsp3) is 0.333. The number of aromatic nitrogens is 1. The number of ether oxygens (including phenoxy) is 1. The van der Waals surface area contributed by atoms with E-state index in [4.69, 9.17) is 4.74 Å². The highest BCUT2D eigenvalue weighted by Crippen LogP contribution is 2.35. The van der Waals surface area contributed by atoms with Crippen molar-refractivity contribution in [3.05, 3.63) is 78.0 Å². The normalized spacial score (nSPS) is 11.4. The van der Waals surface area contributed by atoms with Gasteiger partial charge in [-0.2, -0.15) is 0 Å². The maximum absolute atomic E-state index is 13.8. The minimum Gasteiger partial charge on any atom is -0.465 e. The lowest BCUT2D eigenvalue weighted by molar-refractivity contribution is 0.0602. The van der Waals surface area contributed by atoms with Crippen LogP contribution in [0.15, 0.2) is 16.9 Å². The number of carbonyl (C=O) groups excluding carboxylic acids is 1. The number of rotatable bonds is 3. The fourth-order valence-corrected chi connectivity index (χ4v) is 5.12. The number of hydrogen-bond donors (Lipinski definition) is 2. The average molecular weight is 471 g/mol. The van der Waals surface area contributed by atoms with Crippen LogP contribution in [0.4, 0.5) is 11.4 Å². The highest BCUT2D eigenvalue weighted by atomic mass is 16.5. The van der Waals surface area contributed by atoms with Crippen molar-refractivity contribution in [1.29, 1.82) is 0 Å². The number of H-pyrrole nitrogens is 1. The molecule has 0 unspecified atom stereocenters. The summed E-state index contributed by atoms with van der Waals surface area (Å²) in [6.45, 7) is 18.6. The third-order valence-electron chi connectivity index (χ3n) is 8.24. The van der Waals surface area contributed by atoms with Gasteiger partial charge in [-0.15, -0.1) is 0 Å². The van der Waals surface area contributed by atoms with Gasteiger partial charge in [-0.3, -0.25) is 4.79 Å². The molecule has 0 atom stereocenters. The van der Waals surface area contributed by atoms with Gasteiger partial charge in [0, 0.05) is 16.5 Å². The van der Waals surface area contributed by atoms with Gasteiger partial charge in [0.1, 0.15) is 0 Å². The molecule has 0 aliphatic rings. The maximum Gasteiger partial charge on any atom is 0.340 e. The van der Waals surface area contributed by atoms with Gasteiger partial charge in [0.2, 0.25) is 0 Å². The topological polar surface area (TPSA) is 71.2 Å². The Morgan fingerprint density at radius 1 is 0.743 bits per heavy atom. The van der Waals surface area contributed by atoms with Crippen LogP contribution in [0, 0.1) is 62.3 Å². The Bertz CT molecular complexity index is 1600. The second kappa shape index (κ2) is 8.56. The van der Waals surface area contributed by atoms with Gasteiger partial charge >= 0.3 is 5.97 Å². The number of fused-ring (bicyclic) bond motifs is 2. The van der Waals surface area contributed by atoms with E-state index < -0.39 is 5.97 Å². The van der Waals surface area contributed by atoms with Crippen LogP contribution in [0.25, 0.3) is 21.8 Å². The summed E-state index contributed by atoms with van der Waals surface area (Å²) in [4.78, 5) is 30.1. The standard InChI is InChI=1S/C30H34N2O3/c1-13-15(3)19(7)27(20(8)16(13)4)31-25-11-22-24(12-23(25)30(34)35-10)32-28-21(9)17(5)14(2)18(6)26(28)29(22)33/h11-12,31H,1-10H3,(H,32,33). The molecule has 0 saturated heterocycles. The zero-order chi connectivity index (χ0) is 25.9. The van der Waals surface area contributed by atoms with Gasteiger partial charge in [-0.1, -0.05) is 0 Å². The van der Waals surface area contributed by atoms with Crippen LogP contribution >= 0.6 is 0 Å². The Balaban J connectivity index is 2.09. The van der Waals surface area contributed by atoms with Crippen LogP contribution in [0.5, 0.6) is 0 Å². The number of esters is 1. The van der Waals surface area contributed by atoms with Gasteiger partial charge in [-0.25, -0.2) is 4.79 Å². The molecule has 2 N–H and O–H groups in total. The Hall–Kier alpha value is -3.60. The van der Waals surface area contributed by atoms with Crippen LogP contribution in [0.3, 0.4) is 0 Å². The summed E-state index contributed by atoms with van der Waals surface area (Å²) in [5, 5.41) is 4.73. The maximum atomic E-state index is 13.8. The molecule has 1 heterocycles. The van der Waals surface area contributed by atoms with Crippen molar-refractivity contribution in [3.8, 4) is 0 Å². The summed E-state index contributed by atoms with van der Waals surface area (Å²) < 4.78 is 5.12. The lowest BCUT2D eigenvalue weighted by Crippen LogP contribution is -2.13. The van der Waals surface area contributed by atoms with Crippen molar-refractivity contribution in [2.45, 2.75) is 62.3 Å². The number of benzene rings is 3. The summed E-state index contributed by atoms with van der Waals surface area (Å²) in [6, 6.07) is 3.51.